The topological polar surface area (TPSA) is 63.1 Å². The number of nitrogens with zero attached hydrogens (tertiary/aromatic N) is 4. The Balaban J connectivity index is 1.25. The number of amides is 1. The van der Waals surface area contributed by atoms with Crippen LogP contribution in [0.15, 0.2) is 48.8 Å². The molecule has 0 unspecified atom stereocenters. The van der Waals surface area contributed by atoms with Gasteiger partial charge in [0, 0.05) is 44.5 Å². The van der Waals surface area contributed by atoms with Crippen molar-refractivity contribution in [3.63, 3.8) is 0 Å². The van der Waals surface area contributed by atoms with Gasteiger partial charge in [-0.1, -0.05) is 37.5 Å². The van der Waals surface area contributed by atoms with Crippen LogP contribution in [0.5, 0.6) is 0 Å². The van der Waals surface area contributed by atoms with E-state index in [2.05, 4.69) is 44.0 Å². The number of hydrogen-bond donors (Lipinski definition) is 1. The molecule has 2 fully saturated rings. The van der Waals surface area contributed by atoms with Gasteiger partial charge in [-0.15, -0.1) is 0 Å². The quantitative estimate of drug-likeness (QED) is 0.622. The van der Waals surface area contributed by atoms with E-state index in [1.165, 1.54) is 37.6 Å². The molecule has 0 radical (unpaired) electrons. The normalized spacial score (nSPS) is 18.2. The van der Waals surface area contributed by atoms with Gasteiger partial charge in [0.15, 0.2) is 0 Å². The molecule has 3 heterocycles. The summed E-state index contributed by atoms with van der Waals surface area (Å²) < 4.78 is 2.45. The molecule has 1 aliphatic carbocycles. The first kappa shape index (κ1) is 21.0. The molecule has 5 rings (SSSR count). The molecule has 32 heavy (non-hydrogen) atoms. The lowest BCUT2D eigenvalue weighted by atomic mass is 9.89. The molecule has 6 nitrogen and oxygen atoms in total. The molecule has 6 heteroatoms. The molecule has 1 N–H and O–H groups in total. The maximum absolute atomic E-state index is 12.7. The van der Waals surface area contributed by atoms with Crippen LogP contribution in [0.25, 0.3) is 11.0 Å². The third-order valence-electron chi connectivity index (χ3n) is 7.14. The van der Waals surface area contributed by atoms with Crippen LogP contribution < -0.4 is 10.2 Å². The van der Waals surface area contributed by atoms with Gasteiger partial charge in [0.2, 0.25) is 11.9 Å². The second-order valence-corrected chi connectivity index (χ2v) is 9.36. The van der Waals surface area contributed by atoms with Gasteiger partial charge in [0.25, 0.3) is 0 Å². The van der Waals surface area contributed by atoms with Crippen LogP contribution in [0.3, 0.4) is 0 Å². The number of rotatable bonds is 6. The predicted octanol–water partition coefficient (Wildman–Crippen LogP) is 4.54. The SMILES string of the molecule is O=C(NCc1cccnc1)C1CCN(c2nc3ccccc3n2CC2CCCCC2)CC1. The Morgan fingerprint density at radius 2 is 1.81 bits per heavy atom. The summed E-state index contributed by atoms with van der Waals surface area (Å²) in [4.78, 5) is 24.3. The molecule has 0 atom stereocenters. The number of aromatic nitrogens is 3. The highest BCUT2D eigenvalue weighted by molar-refractivity contribution is 5.80. The molecule has 1 aliphatic heterocycles. The van der Waals surface area contributed by atoms with Gasteiger partial charge >= 0.3 is 0 Å². The largest absolute Gasteiger partial charge is 0.352 e. The second-order valence-electron chi connectivity index (χ2n) is 9.36. The van der Waals surface area contributed by atoms with Gasteiger partial charge in [-0.3, -0.25) is 9.78 Å². The number of carbonyl (C=O) groups is 1. The number of para-hydroxylation sites is 2. The van der Waals surface area contributed by atoms with Crippen molar-refractivity contribution in [1.29, 1.82) is 0 Å². The zero-order valence-electron chi connectivity index (χ0n) is 18.7. The van der Waals surface area contributed by atoms with Crippen molar-refractivity contribution in [2.45, 2.75) is 58.0 Å². The summed E-state index contributed by atoms with van der Waals surface area (Å²) in [5.41, 5.74) is 3.36. The molecule has 168 valence electrons. The van der Waals surface area contributed by atoms with Crippen molar-refractivity contribution < 1.29 is 4.79 Å². The number of benzene rings is 1. The number of hydrogen-bond acceptors (Lipinski definition) is 4. The Labute approximate surface area is 190 Å². The Kier molecular flexibility index (Phi) is 6.37. The van der Waals surface area contributed by atoms with Crippen LogP contribution in [0.1, 0.15) is 50.5 Å². The molecule has 1 aromatic carbocycles. The summed E-state index contributed by atoms with van der Waals surface area (Å²) in [6.45, 7) is 3.35. The summed E-state index contributed by atoms with van der Waals surface area (Å²) in [7, 11) is 0. The van der Waals surface area contributed by atoms with E-state index in [1.54, 1.807) is 12.4 Å². The molecule has 0 bridgehead atoms. The lowest BCUT2D eigenvalue weighted by Gasteiger charge is -2.33. The Bertz CT molecular complexity index is 1030. The number of carbonyl (C=O) groups excluding carboxylic acids is 1. The highest BCUT2D eigenvalue weighted by Crippen LogP contribution is 2.31. The molecule has 1 saturated carbocycles. The minimum absolute atomic E-state index is 0.0686. The van der Waals surface area contributed by atoms with Gasteiger partial charge in [-0.05, 0) is 55.4 Å². The number of pyridine rings is 1. The van der Waals surface area contributed by atoms with E-state index >= 15 is 0 Å². The van der Waals surface area contributed by atoms with Crippen molar-refractivity contribution in [3.8, 4) is 0 Å². The standard InChI is InChI=1S/C26H33N5O/c32-25(28-18-21-9-6-14-27-17-21)22-12-15-30(16-13-22)26-29-23-10-4-5-11-24(23)31(26)19-20-7-2-1-3-8-20/h4-6,9-11,14,17,20,22H,1-3,7-8,12-13,15-16,18-19H2,(H,28,32). The minimum atomic E-state index is 0.0686. The van der Waals surface area contributed by atoms with E-state index in [-0.39, 0.29) is 11.8 Å². The molecule has 0 spiro atoms. The van der Waals surface area contributed by atoms with Gasteiger partial charge in [-0.2, -0.15) is 0 Å². The maximum atomic E-state index is 12.7. The number of imidazole rings is 1. The maximum Gasteiger partial charge on any atom is 0.223 e. The molecule has 1 saturated heterocycles. The van der Waals surface area contributed by atoms with Crippen molar-refractivity contribution in [2.24, 2.45) is 11.8 Å². The zero-order chi connectivity index (χ0) is 21.8. The van der Waals surface area contributed by atoms with Crippen LogP contribution >= 0.6 is 0 Å². The zero-order valence-corrected chi connectivity index (χ0v) is 18.7. The van der Waals surface area contributed by atoms with Gasteiger partial charge in [0.1, 0.15) is 0 Å². The summed E-state index contributed by atoms with van der Waals surface area (Å²) in [6, 6.07) is 12.4. The van der Waals surface area contributed by atoms with Gasteiger partial charge in [0.05, 0.1) is 11.0 Å². The molecular formula is C26H33N5O. The average Bonchev–Trinajstić information content (AvgIpc) is 3.22. The Morgan fingerprint density at radius 1 is 1.00 bits per heavy atom. The fraction of sp³-hybridized carbons (Fsp3) is 0.500. The van der Waals surface area contributed by atoms with E-state index in [4.69, 9.17) is 4.98 Å². The predicted molar refractivity (Wildman–Crippen MR) is 127 cm³/mol. The Morgan fingerprint density at radius 3 is 2.59 bits per heavy atom. The van der Waals surface area contributed by atoms with Gasteiger partial charge < -0.3 is 14.8 Å². The third kappa shape index (κ3) is 4.64. The van der Waals surface area contributed by atoms with Gasteiger partial charge in [-0.25, -0.2) is 4.98 Å². The first-order valence-electron chi connectivity index (χ1n) is 12.1. The monoisotopic (exact) mass is 431 g/mol. The summed E-state index contributed by atoms with van der Waals surface area (Å²) in [6.07, 6.45) is 12.0. The van der Waals surface area contributed by atoms with E-state index in [1.807, 2.05) is 12.1 Å². The van der Waals surface area contributed by atoms with Crippen molar-refractivity contribution in [3.05, 3.63) is 54.4 Å². The number of nitrogens with one attached hydrogen (secondary N) is 1. The van der Waals surface area contributed by atoms with Crippen molar-refractivity contribution in [2.75, 3.05) is 18.0 Å². The number of fused-ring (bicyclic) bond motifs is 1. The lowest BCUT2D eigenvalue weighted by Crippen LogP contribution is -2.41. The van der Waals surface area contributed by atoms with Crippen LogP contribution in [0.4, 0.5) is 5.95 Å². The van der Waals surface area contributed by atoms with Crippen LogP contribution in [0.2, 0.25) is 0 Å². The van der Waals surface area contributed by atoms with E-state index in [9.17, 15) is 4.79 Å². The molecule has 1 amide bonds. The van der Waals surface area contributed by atoms with E-state index in [0.717, 1.165) is 55.4 Å². The molecule has 2 aromatic heterocycles. The highest BCUT2D eigenvalue weighted by atomic mass is 16.1. The first-order chi connectivity index (χ1) is 15.8. The lowest BCUT2D eigenvalue weighted by molar-refractivity contribution is -0.125. The summed E-state index contributed by atoms with van der Waals surface area (Å²) in [5.74, 6) is 2.06. The van der Waals surface area contributed by atoms with Crippen molar-refractivity contribution in [1.82, 2.24) is 19.9 Å². The van der Waals surface area contributed by atoms with E-state index < -0.39 is 0 Å². The highest BCUT2D eigenvalue weighted by Gasteiger charge is 2.28. The van der Waals surface area contributed by atoms with Crippen LogP contribution in [-0.4, -0.2) is 33.5 Å². The molecule has 3 aromatic rings. The summed E-state index contributed by atoms with van der Waals surface area (Å²) >= 11 is 0. The second kappa shape index (κ2) is 9.72. The summed E-state index contributed by atoms with van der Waals surface area (Å²) in [5, 5.41) is 3.09. The minimum Gasteiger partial charge on any atom is -0.352 e. The average molecular weight is 432 g/mol. The fourth-order valence-corrected chi connectivity index (χ4v) is 5.29. The first-order valence-corrected chi connectivity index (χ1v) is 12.1. The Hall–Kier alpha value is -2.89. The smallest absolute Gasteiger partial charge is 0.223 e. The molecule has 2 aliphatic rings. The molecular weight excluding hydrogens is 398 g/mol. The van der Waals surface area contributed by atoms with Crippen LogP contribution in [0, 0.1) is 11.8 Å². The van der Waals surface area contributed by atoms with Crippen LogP contribution in [-0.2, 0) is 17.9 Å². The van der Waals surface area contributed by atoms with E-state index in [0.29, 0.717) is 6.54 Å². The number of piperidine rings is 1. The number of anilines is 1. The third-order valence-corrected chi connectivity index (χ3v) is 7.14. The van der Waals surface area contributed by atoms with Crippen molar-refractivity contribution >= 4 is 22.9 Å². The fourth-order valence-electron chi connectivity index (χ4n) is 5.29.